The van der Waals surface area contributed by atoms with Crippen molar-refractivity contribution in [3.63, 3.8) is 0 Å². The number of hydrogen-bond acceptors (Lipinski definition) is 7. The summed E-state index contributed by atoms with van der Waals surface area (Å²) in [4.78, 5) is 41.1. The average Bonchev–Trinajstić information content (AvgIpc) is 3.32. The molecule has 1 amide bonds. The Bertz CT molecular complexity index is 1360. The Labute approximate surface area is 224 Å². The zero-order valence-electron chi connectivity index (χ0n) is 23.3. The number of piperazine rings is 1. The second-order valence-electron chi connectivity index (χ2n) is 11.1. The molecule has 0 aliphatic carbocycles. The van der Waals surface area contributed by atoms with Crippen molar-refractivity contribution in [2.24, 2.45) is 0 Å². The molecule has 0 spiro atoms. The van der Waals surface area contributed by atoms with E-state index >= 15 is 0 Å². The van der Waals surface area contributed by atoms with Crippen LogP contribution in [0.2, 0.25) is 0 Å². The zero-order valence-corrected chi connectivity index (χ0v) is 23.3. The molecule has 5 rings (SSSR count). The first-order chi connectivity index (χ1) is 18.2. The third-order valence-corrected chi connectivity index (χ3v) is 8.05. The first-order valence-corrected chi connectivity index (χ1v) is 13.7. The molecular formula is C28H40N8O2. The molecule has 0 bridgehead atoms. The second-order valence-corrected chi connectivity index (χ2v) is 11.1. The number of hydrogen-bond donors (Lipinski definition) is 2. The normalized spacial score (nSPS) is 18.0. The first-order valence-electron chi connectivity index (χ1n) is 13.7. The van der Waals surface area contributed by atoms with Crippen LogP contribution in [0.25, 0.3) is 11.0 Å². The molecule has 2 aliphatic rings. The number of carbonyl (C=O) groups is 1. The minimum Gasteiger partial charge on any atom is -0.356 e. The molecule has 2 fully saturated rings. The van der Waals surface area contributed by atoms with E-state index in [0.717, 1.165) is 74.6 Å². The van der Waals surface area contributed by atoms with Gasteiger partial charge in [0.05, 0.1) is 17.1 Å². The van der Waals surface area contributed by atoms with Crippen LogP contribution in [0.3, 0.4) is 0 Å². The molecule has 2 saturated heterocycles. The molecule has 5 heterocycles. The fourth-order valence-corrected chi connectivity index (χ4v) is 5.74. The quantitative estimate of drug-likeness (QED) is 0.515. The third kappa shape index (κ3) is 5.33. The number of pyridine rings is 2. The lowest BCUT2D eigenvalue weighted by Crippen LogP contribution is -2.52. The van der Waals surface area contributed by atoms with E-state index in [1.165, 1.54) is 0 Å². The molecule has 38 heavy (non-hydrogen) atoms. The number of likely N-dealkylation sites (N-methyl/N-ethyl adjacent to an activating group) is 1. The van der Waals surface area contributed by atoms with Crippen molar-refractivity contribution in [1.29, 1.82) is 0 Å². The third-order valence-electron chi connectivity index (χ3n) is 8.05. The van der Waals surface area contributed by atoms with Crippen LogP contribution in [0.1, 0.15) is 59.9 Å². The van der Waals surface area contributed by atoms with Crippen molar-refractivity contribution in [2.45, 2.75) is 59.2 Å². The van der Waals surface area contributed by atoms with Crippen LogP contribution in [0, 0.1) is 13.8 Å². The second kappa shape index (κ2) is 10.9. The van der Waals surface area contributed by atoms with Crippen LogP contribution < -0.4 is 15.8 Å². The average molecular weight is 521 g/mol. The number of piperidine rings is 1. The molecule has 0 saturated carbocycles. The Morgan fingerprint density at radius 3 is 2.47 bits per heavy atom. The number of carbonyl (C=O) groups excluding carboxylic acids is 1. The van der Waals surface area contributed by atoms with Gasteiger partial charge in [0.15, 0.2) is 5.65 Å². The Hall–Kier alpha value is -3.24. The molecule has 204 valence electrons. The molecular weight excluding hydrogens is 480 g/mol. The van der Waals surface area contributed by atoms with E-state index in [4.69, 9.17) is 4.98 Å². The van der Waals surface area contributed by atoms with Crippen molar-refractivity contribution in [3.05, 3.63) is 51.1 Å². The molecule has 0 atom stereocenters. The van der Waals surface area contributed by atoms with Crippen molar-refractivity contribution >= 4 is 22.8 Å². The number of H-pyrrole nitrogens is 1. The number of aryl methyl sites for hydroxylation is 2. The molecule has 10 heteroatoms. The summed E-state index contributed by atoms with van der Waals surface area (Å²) in [5, 5.41) is 8.25. The summed E-state index contributed by atoms with van der Waals surface area (Å²) in [6.45, 7) is 14.4. The van der Waals surface area contributed by atoms with Crippen molar-refractivity contribution < 1.29 is 4.79 Å². The Morgan fingerprint density at radius 1 is 1.11 bits per heavy atom. The number of aromatic nitrogens is 4. The highest BCUT2D eigenvalue weighted by Crippen LogP contribution is 2.28. The van der Waals surface area contributed by atoms with Gasteiger partial charge in [-0.15, -0.1) is 0 Å². The van der Waals surface area contributed by atoms with E-state index in [-0.39, 0.29) is 24.1 Å². The number of anilines is 1. The summed E-state index contributed by atoms with van der Waals surface area (Å²) < 4.78 is 1.88. The highest BCUT2D eigenvalue weighted by molar-refractivity contribution is 6.06. The van der Waals surface area contributed by atoms with Crippen LogP contribution in [-0.4, -0.2) is 87.8 Å². The molecule has 0 unspecified atom stereocenters. The molecule has 2 N–H and O–H groups in total. The van der Waals surface area contributed by atoms with E-state index < -0.39 is 0 Å². The van der Waals surface area contributed by atoms with E-state index in [1.807, 2.05) is 30.7 Å². The molecule has 3 aromatic heterocycles. The minimum atomic E-state index is -0.228. The van der Waals surface area contributed by atoms with Gasteiger partial charge >= 0.3 is 0 Å². The van der Waals surface area contributed by atoms with Gasteiger partial charge in [-0.05, 0) is 65.3 Å². The predicted octanol–water partition coefficient (Wildman–Crippen LogP) is 2.46. The predicted molar refractivity (Wildman–Crippen MR) is 150 cm³/mol. The van der Waals surface area contributed by atoms with Crippen LogP contribution in [-0.2, 0) is 6.54 Å². The summed E-state index contributed by atoms with van der Waals surface area (Å²) in [7, 11) is 2.19. The molecule has 10 nitrogen and oxygen atoms in total. The maximum Gasteiger partial charge on any atom is 0.253 e. The van der Waals surface area contributed by atoms with Gasteiger partial charge in [0.1, 0.15) is 5.82 Å². The van der Waals surface area contributed by atoms with Gasteiger partial charge in [0.2, 0.25) is 0 Å². The fraction of sp³-hybridized carbons (Fsp3) is 0.571. The van der Waals surface area contributed by atoms with E-state index in [1.54, 1.807) is 6.20 Å². The minimum absolute atomic E-state index is 0.114. The maximum absolute atomic E-state index is 13.5. The van der Waals surface area contributed by atoms with Crippen LogP contribution in [0.15, 0.2) is 23.1 Å². The first kappa shape index (κ1) is 26.4. The molecule has 0 aromatic carbocycles. The van der Waals surface area contributed by atoms with E-state index in [9.17, 15) is 9.59 Å². The number of nitrogens with one attached hydrogen (secondary N) is 2. The van der Waals surface area contributed by atoms with Gasteiger partial charge in [0, 0.05) is 69.2 Å². The fourth-order valence-electron chi connectivity index (χ4n) is 5.74. The summed E-state index contributed by atoms with van der Waals surface area (Å²) in [6.07, 6.45) is 3.90. The lowest BCUT2D eigenvalue weighted by molar-refractivity contribution is 0.0951. The van der Waals surface area contributed by atoms with Crippen LogP contribution >= 0.6 is 0 Å². The molecule has 0 radical (unpaired) electrons. The summed E-state index contributed by atoms with van der Waals surface area (Å²) in [5.41, 5.74) is 3.33. The number of fused-ring (bicyclic) bond motifs is 1. The van der Waals surface area contributed by atoms with Crippen molar-refractivity contribution in [3.8, 4) is 0 Å². The topological polar surface area (TPSA) is 102 Å². The number of nitrogens with zero attached hydrogens (tertiary/aromatic N) is 6. The van der Waals surface area contributed by atoms with Gasteiger partial charge < -0.3 is 20.1 Å². The summed E-state index contributed by atoms with van der Waals surface area (Å²) in [5.74, 6) is 0.583. The van der Waals surface area contributed by atoms with Gasteiger partial charge in [-0.25, -0.2) is 9.67 Å². The van der Waals surface area contributed by atoms with Gasteiger partial charge in [0.25, 0.3) is 11.5 Å². The van der Waals surface area contributed by atoms with E-state index in [0.29, 0.717) is 22.8 Å². The van der Waals surface area contributed by atoms with Crippen LogP contribution in [0.4, 0.5) is 5.82 Å². The van der Waals surface area contributed by atoms with E-state index in [2.05, 4.69) is 51.0 Å². The number of aromatic amines is 1. The molecule has 2 aliphatic heterocycles. The lowest BCUT2D eigenvalue weighted by Gasteiger charge is -2.42. The largest absolute Gasteiger partial charge is 0.356 e. The number of rotatable bonds is 6. The summed E-state index contributed by atoms with van der Waals surface area (Å²) >= 11 is 0. The van der Waals surface area contributed by atoms with Crippen molar-refractivity contribution in [1.82, 2.24) is 34.9 Å². The van der Waals surface area contributed by atoms with Crippen molar-refractivity contribution in [2.75, 3.05) is 51.2 Å². The Balaban J connectivity index is 1.38. The SMILES string of the molecule is Cc1cc(C)c(CNC(=O)c2cc(N3CCC(N4CCN(C)CC4)CC3)nc3c2cnn3C(C)C)c(=O)[nH]1. The summed E-state index contributed by atoms with van der Waals surface area (Å²) in [6, 6.07) is 4.53. The smallest absolute Gasteiger partial charge is 0.253 e. The van der Waals surface area contributed by atoms with Crippen LogP contribution in [0.5, 0.6) is 0 Å². The monoisotopic (exact) mass is 520 g/mol. The Morgan fingerprint density at radius 2 is 1.82 bits per heavy atom. The number of amides is 1. The highest BCUT2D eigenvalue weighted by Gasteiger charge is 2.28. The lowest BCUT2D eigenvalue weighted by atomic mass is 10.0. The zero-order chi connectivity index (χ0) is 27.0. The maximum atomic E-state index is 13.5. The Kier molecular flexibility index (Phi) is 7.54. The van der Waals surface area contributed by atoms with Gasteiger partial charge in [-0.1, -0.05) is 0 Å². The molecule has 3 aromatic rings. The standard InChI is InChI=1S/C28H40N8O2/c1-18(2)36-26-24(17-30-36)22(27(37)29-16-23-19(3)14-20(4)31-28(23)38)15-25(32-26)35-8-6-21(7-9-35)34-12-10-33(5)11-13-34/h14-15,17-18,21H,6-13,16H2,1-5H3,(H,29,37)(H,31,38). The van der Waals surface area contributed by atoms with Gasteiger partial charge in [-0.2, -0.15) is 5.10 Å². The van der Waals surface area contributed by atoms with Gasteiger partial charge in [-0.3, -0.25) is 14.5 Å². The highest BCUT2D eigenvalue weighted by atomic mass is 16.1.